The van der Waals surface area contributed by atoms with Crippen molar-refractivity contribution >= 4 is 45.3 Å². The molecule has 1 N–H and O–H groups in total. The maximum absolute atomic E-state index is 13.7. The highest BCUT2D eigenvalue weighted by atomic mass is 35.5. The van der Waals surface area contributed by atoms with E-state index in [2.05, 4.69) is 10.2 Å². The van der Waals surface area contributed by atoms with E-state index in [0.717, 1.165) is 61.6 Å². The zero-order valence-corrected chi connectivity index (χ0v) is 37.6. The minimum atomic E-state index is -3.94. The van der Waals surface area contributed by atoms with Crippen LogP contribution in [0.3, 0.4) is 0 Å². The third-order valence-corrected chi connectivity index (χ3v) is 14.6. The van der Waals surface area contributed by atoms with Crippen LogP contribution in [0.1, 0.15) is 52.8 Å². The van der Waals surface area contributed by atoms with Gasteiger partial charge < -0.3 is 34.2 Å². The molecule has 1 aromatic heterocycles. The zero-order valence-electron chi connectivity index (χ0n) is 35.2. The monoisotopic (exact) mass is 930 g/mol. The number of carbonyl (C=O) groups excluding carboxylic acids is 2. The van der Waals surface area contributed by atoms with Crippen molar-refractivity contribution in [3.8, 4) is 17.2 Å². The number of esters is 1. The molecule has 14 nitrogen and oxygen atoms in total. The zero-order chi connectivity index (χ0) is 45.0. The lowest BCUT2D eigenvalue weighted by Crippen LogP contribution is -2.53. The van der Waals surface area contributed by atoms with Gasteiger partial charge in [-0.2, -0.15) is 9.04 Å². The quantitative estimate of drug-likeness (QED) is 0.0602. The number of carbonyl (C=O) groups is 2. The van der Waals surface area contributed by atoms with Gasteiger partial charge in [-0.3, -0.25) is 9.69 Å². The topological polar surface area (TPSA) is 160 Å². The number of fused-ring (bicyclic) bond motifs is 3. The molecule has 5 heterocycles. The van der Waals surface area contributed by atoms with Gasteiger partial charge >= 0.3 is 12.1 Å². The number of sulfonamides is 1. The Balaban J connectivity index is 0.883. The molecular formula is C47H48Cl2N4O10S. The molecule has 3 atom stereocenters. The number of alkyl carbamates (subject to hydrolysis) is 1. The third kappa shape index (κ3) is 10.2. The summed E-state index contributed by atoms with van der Waals surface area (Å²) in [4.78, 5) is 29.3. The van der Waals surface area contributed by atoms with E-state index >= 15 is 0 Å². The fraction of sp³-hybridized carbons (Fsp3) is 0.340. The predicted octanol–water partition coefficient (Wildman–Crippen LogP) is 7.28. The maximum Gasteiger partial charge on any atom is 0.408 e. The highest BCUT2D eigenvalue weighted by molar-refractivity contribution is 7.89. The molecule has 4 saturated heterocycles. The average molecular weight is 932 g/mol. The first kappa shape index (κ1) is 45.0. The summed E-state index contributed by atoms with van der Waals surface area (Å²) in [5.41, 5.74) is 3.38. The summed E-state index contributed by atoms with van der Waals surface area (Å²) in [6.45, 7) is 2.86. The molecule has 0 saturated carbocycles. The molecule has 64 heavy (non-hydrogen) atoms. The van der Waals surface area contributed by atoms with Crippen LogP contribution in [0.4, 0.5) is 4.79 Å². The largest absolute Gasteiger partial charge is 0.619 e. The molecule has 17 heteroatoms. The van der Waals surface area contributed by atoms with Gasteiger partial charge in [0.15, 0.2) is 23.9 Å². The van der Waals surface area contributed by atoms with Crippen molar-refractivity contribution in [1.29, 1.82) is 0 Å². The van der Waals surface area contributed by atoms with Crippen molar-refractivity contribution in [3.63, 3.8) is 0 Å². The van der Waals surface area contributed by atoms with E-state index in [1.807, 2.05) is 54.6 Å². The van der Waals surface area contributed by atoms with Gasteiger partial charge in [0.25, 0.3) is 0 Å². The number of hydrogen-bond acceptors (Lipinski definition) is 11. The Morgan fingerprint density at radius 3 is 2.17 bits per heavy atom. The van der Waals surface area contributed by atoms with Crippen molar-refractivity contribution in [2.45, 2.75) is 49.0 Å². The highest BCUT2D eigenvalue weighted by Crippen LogP contribution is 2.37. The fourth-order valence-electron chi connectivity index (χ4n) is 8.41. The van der Waals surface area contributed by atoms with E-state index in [0.29, 0.717) is 39.0 Å². The predicted molar refractivity (Wildman–Crippen MR) is 238 cm³/mol. The normalized spacial score (nSPS) is 19.5. The average Bonchev–Trinajstić information content (AvgIpc) is 3.28. The number of amides is 1. The van der Waals surface area contributed by atoms with E-state index in [-0.39, 0.29) is 47.2 Å². The van der Waals surface area contributed by atoms with E-state index in [9.17, 15) is 23.2 Å². The number of ether oxygens (including phenoxy) is 5. The van der Waals surface area contributed by atoms with Gasteiger partial charge in [-0.25, -0.2) is 13.2 Å². The molecule has 5 aromatic rings. The molecule has 4 aliphatic rings. The van der Waals surface area contributed by atoms with E-state index < -0.39 is 40.1 Å². The Labute approximate surface area is 382 Å². The Morgan fingerprint density at radius 1 is 0.828 bits per heavy atom. The Morgan fingerprint density at radius 2 is 1.52 bits per heavy atom. The molecule has 0 radical (unpaired) electrons. The van der Waals surface area contributed by atoms with Crippen molar-refractivity contribution in [3.05, 3.63) is 153 Å². The lowest BCUT2D eigenvalue weighted by atomic mass is 9.86. The van der Waals surface area contributed by atoms with Crippen LogP contribution in [0.5, 0.6) is 17.2 Å². The van der Waals surface area contributed by atoms with Crippen molar-refractivity contribution in [1.82, 2.24) is 14.5 Å². The number of nitrogens with one attached hydrogen (secondary N) is 1. The molecular weight excluding hydrogens is 884 g/mol. The molecule has 0 aliphatic carbocycles. The van der Waals surface area contributed by atoms with Crippen molar-refractivity contribution in [2.24, 2.45) is 11.8 Å². The van der Waals surface area contributed by atoms with E-state index in [1.54, 1.807) is 30.3 Å². The van der Waals surface area contributed by atoms with E-state index in [1.165, 1.54) is 30.7 Å². The second-order valence-corrected chi connectivity index (χ2v) is 18.9. The Bertz CT molecular complexity index is 2550. The van der Waals surface area contributed by atoms with Crippen LogP contribution in [0.15, 0.2) is 114 Å². The number of benzene rings is 4. The van der Waals surface area contributed by atoms with Gasteiger partial charge in [-0.15, -0.1) is 0 Å². The molecule has 4 fully saturated rings. The fourth-order valence-corrected chi connectivity index (χ4v) is 10.5. The standard InChI is InChI=1S/C47H48Cl2N4O10S/c1-59-41-16-13-33(22-43(41)60-2)42(23-38-39(48)26-52(56)27-40(38)49)62-46(54)35-24-53(25-35)64(57,58)37-14-11-30(12-15-37)29-61-36-10-6-9-34(21-36)45(32-7-4-3-5-8-32)50-47(55)63-44-28-51-19-17-31(44)18-20-51/h3-16,21-22,26-27,31,35,42,44-45H,17-20,23-25,28-29H2,1-2H3,(H,50,55)/t42-,44-,45-/m0/s1. The summed E-state index contributed by atoms with van der Waals surface area (Å²) in [6, 6.07) is 28.1. The first-order chi connectivity index (χ1) is 30.9. The minimum Gasteiger partial charge on any atom is -0.619 e. The molecule has 2 bridgehead atoms. The van der Waals surface area contributed by atoms with Gasteiger partial charge in [0, 0.05) is 31.6 Å². The third-order valence-electron chi connectivity index (χ3n) is 12.1. The maximum atomic E-state index is 13.7. The smallest absolute Gasteiger partial charge is 0.408 e. The summed E-state index contributed by atoms with van der Waals surface area (Å²) >= 11 is 12.8. The molecule has 0 unspecified atom stereocenters. The first-order valence-electron chi connectivity index (χ1n) is 20.9. The molecule has 336 valence electrons. The highest BCUT2D eigenvalue weighted by Gasteiger charge is 2.42. The van der Waals surface area contributed by atoms with Gasteiger partial charge in [0.1, 0.15) is 34.6 Å². The van der Waals surface area contributed by atoms with Crippen LogP contribution in [0, 0.1) is 17.0 Å². The number of piperidine rings is 3. The van der Waals surface area contributed by atoms with Gasteiger partial charge in [-0.1, -0.05) is 83.9 Å². The molecule has 9 rings (SSSR count). The number of aromatic nitrogens is 1. The SMILES string of the molecule is COc1ccc([C@H](Cc2c(Cl)c[n+]([O-])cc2Cl)OC(=O)C2CN(S(=O)(=O)c3ccc(COc4cccc([C@@H](NC(=O)O[C@H]5CN6CCC5CC6)c5ccccc5)c4)cc3)C2)cc1OC. The number of hydrogen-bond donors (Lipinski definition) is 1. The van der Waals surface area contributed by atoms with Crippen LogP contribution >= 0.6 is 23.2 Å². The minimum absolute atomic E-state index is 0.0254. The molecule has 4 aliphatic heterocycles. The number of pyridine rings is 1. The van der Waals surface area contributed by atoms with Crippen LogP contribution in [-0.2, 0) is 37.3 Å². The van der Waals surface area contributed by atoms with Crippen LogP contribution in [0.25, 0.3) is 0 Å². The second kappa shape index (κ2) is 19.7. The Hall–Kier alpha value is -5.58. The van der Waals surface area contributed by atoms with Crippen molar-refractivity contribution in [2.75, 3.05) is 46.9 Å². The van der Waals surface area contributed by atoms with Crippen LogP contribution < -0.4 is 24.3 Å². The van der Waals surface area contributed by atoms with Crippen molar-refractivity contribution < 1.29 is 46.4 Å². The summed E-state index contributed by atoms with van der Waals surface area (Å²) in [7, 11) is -0.959. The van der Waals surface area contributed by atoms with Crippen LogP contribution in [0.2, 0.25) is 10.0 Å². The van der Waals surface area contributed by atoms with E-state index in [4.69, 9.17) is 46.9 Å². The lowest BCUT2D eigenvalue weighted by Gasteiger charge is -2.43. The lowest BCUT2D eigenvalue weighted by molar-refractivity contribution is -0.605. The van der Waals surface area contributed by atoms with Gasteiger partial charge in [0.2, 0.25) is 10.0 Å². The molecule has 4 aromatic carbocycles. The summed E-state index contributed by atoms with van der Waals surface area (Å²) < 4.78 is 58.0. The summed E-state index contributed by atoms with van der Waals surface area (Å²) in [5.74, 6) is 0.471. The Kier molecular flexibility index (Phi) is 13.8. The number of halogens is 2. The second-order valence-electron chi connectivity index (χ2n) is 16.1. The molecule has 0 spiro atoms. The number of methoxy groups -OCH3 is 2. The number of rotatable bonds is 16. The summed E-state index contributed by atoms with van der Waals surface area (Å²) in [5, 5.41) is 15.2. The van der Waals surface area contributed by atoms with Gasteiger partial charge in [-0.05, 0) is 90.5 Å². The number of nitrogens with zero attached hydrogens (tertiary/aromatic N) is 3. The van der Waals surface area contributed by atoms with Crippen LogP contribution in [-0.4, -0.2) is 82.7 Å². The summed E-state index contributed by atoms with van der Waals surface area (Å²) in [6.07, 6.45) is 2.91. The molecule has 1 amide bonds. The first-order valence-corrected chi connectivity index (χ1v) is 23.1. The van der Waals surface area contributed by atoms with Gasteiger partial charge in [0.05, 0.1) is 31.1 Å².